The second kappa shape index (κ2) is 8.61. The first-order valence-corrected chi connectivity index (χ1v) is 8.89. The van der Waals surface area contributed by atoms with Crippen molar-refractivity contribution in [1.29, 1.82) is 0 Å². The predicted octanol–water partition coefficient (Wildman–Crippen LogP) is 3.94. The Hall–Kier alpha value is -2.18. The van der Waals surface area contributed by atoms with Gasteiger partial charge >= 0.3 is 0 Å². The molecule has 0 spiro atoms. The van der Waals surface area contributed by atoms with Crippen LogP contribution in [0.4, 0.5) is 4.39 Å². The Morgan fingerprint density at radius 1 is 1.08 bits per heavy atom. The smallest absolute Gasteiger partial charge is 0.297 e. The highest BCUT2D eigenvalue weighted by Crippen LogP contribution is 2.18. The van der Waals surface area contributed by atoms with Crippen molar-refractivity contribution in [1.82, 2.24) is 0 Å². The summed E-state index contributed by atoms with van der Waals surface area (Å²) < 4.78 is 48.3. The second-order valence-electron chi connectivity index (χ2n) is 5.12. The summed E-state index contributed by atoms with van der Waals surface area (Å²) in [5, 5.41) is 0. The van der Waals surface area contributed by atoms with Crippen molar-refractivity contribution >= 4 is 10.1 Å². The highest BCUT2D eigenvalue weighted by Gasteiger charge is 2.22. The third-order valence-electron chi connectivity index (χ3n) is 3.24. The Kier molecular flexibility index (Phi) is 6.52. The maximum absolute atomic E-state index is 12.9. The molecule has 24 heavy (non-hydrogen) atoms. The minimum Gasteiger partial charge on any atom is -0.491 e. The Morgan fingerprint density at radius 3 is 2.38 bits per heavy atom. The van der Waals surface area contributed by atoms with Crippen LogP contribution in [0.2, 0.25) is 0 Å². The second-order valence-corrected chi connectivity index (χ2v) is 6.69. The Morgan fingerprint density at radius 2 is 1.75 bits per heavy atom. The SMILES string of the molecule is C=CCC[C@H](COc1ccc(F)cc1)OS(=O)(=O)c1ccccc1. The molecule has 0 aliphatic carbocycles. The predicted molar refractivity (Wildman–Crippen MR) is 89.8 cm³/mol. The molecule has 0 fully saturated rings. The Balaban J connectivity index is 2.04. The van der Waals surface area contributed by atoms with Crippen molar-refractivity contribution in [2.75, 3.05) is 6.61 Å². The first-order chi connectivity index (χ1) is 11.5. The molecule has 6 heteroatoms. The van der Waals surface area contributed by atoms with Gasteiger partial charge in [-0.25, -0.2) is 4.39 Å². The van der Waals surface area contributed by atoms with Crippen LogP contribution >= 0.6 is 0 Å². The van der Waals surface area contributed by atoms with Crippen molar-refractivity contribution < 1.29 is 21.7 Å². The summed E-state index contributed by atoms with van der Waals surface area (Å²) in [5.41, 5.74) is 0. The van der Waals surface area contributed by atoms with Crippen molar-refractivity contribution in [2.45, 2.75) is 23.8 Å². The molecule has 0 radical (unpaired) electrons. The maximum Gasteiger partial charge on any atom is 0.297 e. The third-order valence-corrected chi connectivity index (χ3v) is 4.61. The molecular weight excluding hydrogens is 331 g/mol. The zero-order valence-corrected chi connectivity index (χ0v) is 13.9. The summed E-state index contributed by atoms with van der Waals surface area (Å²) in [6.45, 7) is 3.66. The topological polar surface area (TPSA) is 52.6 Å². The minimum atomic E-state index is -3.88. The van der Waals surface area contributed by atoms with E-state index in [1.165, 1.54) is 36.4 Å². The fraction of sp³-hybridized carbons (Fsp3) is 0.222. The average molecular weight is 350 g/mol. The summed E-state index contributed by atoms with van der Waals surface area (Å²) in [7, 11) is -3.88. The number of benzene rings is 2. The van der Waals surface area contributed by atoms with Crippen LogP contribution in [0.3, 0.4) is 0 Å². The summed E-state index contributed by atoms with van der Waals surface area (Å²) in [6.07, 6.45) is 2.04. The molecule has 0 aromatic heterocycles. The van der Waals surface area contributed by atoms with Gasteiger partial charge in [0, 0.05) is 0 Å². The van der Waals surface area contributed by atoms with Crippen LogP contribution in [0.25, 0.3) is 0 Å². The lowest BCUT2D eigenvalue weighted by Crippen LogP contribution is -2.25. The van der Waals surface area contributed by atoms with Crippen molar-refractivity contribution in [3.05, 3.63) is 73.1 Å². The van der Waals surface area contributed by atoms with Gasteiger partial charge in [0.1, 0.15) is 24.3 Å². The number of hydrogen-bond donors (Lipinski definition) is 0. The van der Waals surface area contributed by atoms with Gasteiger partial charge in [0.2, 0.25) is 0 Å². The van der Waals surface area contributed by atoms with E-state index in [1.807, 2.05) is 0 Å². The molecule has 0 N–H and O–H groups in total. The normalized spacial score (nSPS) is 12.5. The third kappa shape index (κ3) is 5.47. The van der Waals surface area contributed by atoms with E-state index in [2.05, 4.69) is 6.58 Å². The standard InChI is InChI=1S/C18H19FO4S/c1-2-3-7-17(14-22-16-12-10-15(19)11-13-16)23-24(20,21)18-8-5-4-6-9-18/h2,4-6,8-13,17H,1,3,7,14H2/t17-/m1/s1. The van der Waals surface area contributed by atoms with Crippen LogP contribution in [0.5, 0.6) is 5.75 Å². The van der Waals surface area contributed by atoms with E-state index in [1.54, 1.807) is 24.3 Å². The van der Waals surface area contributed by atoms with Gasteiger partial charge < -0.3 is 4.74 Å². The maximum atomic E-state index is 12.9. The zero-order valence-electron chi connectivity index (χ0n) is 13.1. The highest BCUT2D eigenvalue weighted by molar-refractivity contribution is 7.86. The van der Waals surface area contributed by atoms with E-state index in [4.69, 9.17) is 8.92 Å². The van der Waals surface area contributed by atoms with Gasteiger partial charge in [-0.05, 0) is 49.2 Å². The number of ether oxygens (including phenoxy) is 1. The number of allylic oxidation sites excluding steroid dienone is 1. The van der Waals surface area contributed by atoms with Crippen LogP contribution in [0.15, 0.2) is 72.1 Å². The average Bonchev–Trinajstić information content (AvgIpc) is 2.59. The molecular formula is C18H19FO4S. The molecule has 128 valence electrons. The Bertz CT molecular complexity index is 742. The summed E-state index contributed by atoms with van der Waals surface area (Å²) in [6, 6.07) is 13.4. The first-order valence-electron chi connectivity index (χ1n) is 7.49. The largest absolute Gasteiger partial charge is 0.491 e. The van der Waals surface area contributed by atoms with Gasteiger partial charge in [0.05, 0.1) is 4.90 Å². The van der Waals surface area contributed by atoms with E-state index in [0.29, 0.717) is 18.6 Å². The van der Waals surface area contributed by atoms with Gasteiger partial charge in [-0.3, -0.25) is 4.18 Å². The van der Waals surface area contributed by atoms with E-state index in [0.717, 1.165) is 0 Å². The summed E-state index contributed by atoms with van der Waals surface area (Å²) in [4.78, 5) is 0.0929. The van der Waals surface area contributed by atoms with Crippen LogP contribution in [0, 0.1) is 5.82 Å². The lowest BCUT2D eigenvalue weighted by atomic mass is 10.2. The molecule has 2 aromatic carbocycles. The molecule has 0 amide bonds. The van der Waals surface area contributed by atoms with E-state index >= 15 is 0 Å². The van der Waals surface area contributed by atoms with E-state index < -0.39 is 16.2 Å². The van der Waals surface area contributed by atoms with Crippen molar-refractivity contribution in [2.24, 2.45) is 0 Å². The summed E-state index contributed by atoms with van der Waals surface area (Å²) >= 11 is 0. The highest BCUT2D eigenvalue weighted by atomic mass is 32.2. The van der Waals surface area contributed by atoms with Gasteiger partial charge in [-0.15, -0.1) is 6.58 Å². The molecule has 0 aliphatic heterocycles. The number of hydrogen-bond acceptors (Lipinski definition) is 4. The van der Waals surface area contributed by atoms with Crippen LogP contribution in [-0.4, -0.2) is 21.1 Å². The van der Waals surface area contributed by atoms with Gasteiger partial charge in [-0.1, -0.05) is 24.3 Å². The Labute approximate surface area is 141 Å². The van der Waals surface area contributed by atoms with E-state index in [-0.39, 0.29) is 17.3 Å². The fourth-order valence-corrected chi connectivity index (χ4v) is 3.12. The van der Waals surface area contributed by atoms with Gasteiger partial charge in [-0.2, -0.15) is 8.42 Å². The molecule has 2 rings (SSSR count). The lowest BCUT2D eigenvalue weighted by Gasteiger charge is -2.18. The molecule has 0 unspecified atom stereocenters. The zero-order chi connectivity index (χ0) is 17.4. The van der Waals surface area contributed by atoms with Crippen molar-refractivity contribution in [3.8, 4) is 5.75 Å². The lowest BCUT2D eigenvalue weighted by molar-refractivity contribution is 0.127. The quantitative estimate of drug-likeness (QED) is 0.508. The minimum absolute atomic E-state index is 0.0333. The molecule has 2 aromatic rings. The molecule has 0 saturated carbocycles. The molecule has 0 bridgehead atoms. The molecule has 0 heterocycles. The van der Waals surface area contributed by atoms with Crippen LogP contribution in [-0.2, 0) is 14.3 Å². The van der Waals surface area contributed by atoms with Crippen LogP contribution in [0.1, 0.15) is 12.8 Å². The number of halogens is 1. The van der Waals surface area contributed by atoms with Gasteiger partial charge in [0.25, 0.3) is 10.1 Å². The van der Waals surface area contributed by atoms with Crippen LogP contribution < -0.4 is 4.74 Å². The fourth-order valence-electron chi connectivity index (χ4n) is 2.00. The first kappa shape index (κ1) is 18.2. The molecule has 4 nitrogen and oxygen atoms in total. The van der Waals surface area contributed by atoms with Gasteiger partial charge in [0.15, 0.2) is 0 Å². The van der Waals surface area contributed by atoms with Crippen molar-refractivity contribution in [3.63, 3.8) is 0 Å². The monoisotopic (exact) mass is 350 g/mol. The molecule has 0 saturated heterocycles. The molecule has 0 aliphatic rings. The number of rotatable bonds is 9. The molecule has 1 atom stereocenters. The summed E-state index contributed by atoms with van der Waals surface area (Å²) in [5.74, 6) is 0.0779. The van der Waals surface area contributed by atoms with E-state index in [9.17, 15) is 12.8 Å².